The second kappa shape index (κ2) is 6.84. The molecule has 1 unspecified atom stereocenters. The van der Waals surface area contributed by atoms with E-state index in [0.29, 0.717) is 5.69 Å². The second-order valence-electron chi connectivity index (χ2n) is 4.59. The zero-order valence-corrected chi connectivity index (χ0v) is 11.4. The highest BCUT2D eigenvalue weighted by Gasteiger charge is 2.11. The molecule has 1 rings (SSSR count). The maximum Gasteiger partial charge on any atom is 0.246 e. The molecule has 0 fully saturated rings. The fourth-order valence-corrected chi connectivity index (χ4v) is 1.78. The van der Waals surface area contributed by atoms with E-state index < -0.39 is 0 Å². The van der Waals surface area contributed by atoms with Gasteiger partial charge in [-0.1, -0.05) is 25.5 Å². The molecule has 2 N–H and O–H groups in total. The number of hydrogen-bond acceptors (Lipinski definition) is 2. The van der Waals surface area contributed by atoms with Crippen molar-refractivity contribution >= 4 is 17.7 Å². The highest BCUT2D eigenvalue weighted by Crippen LogP contribution is 2.09. The van der Waals surface area contributed by atoms with Crippen molar-refractivity contribution in [2.45, 2.75) is 32.7 Å². The topological polar surface area (TPSA) is 46.3 Å². The predicted octanol–water partition coefficient (Wildman–Crippen LogP) is 2.93. The van der Waals surface area contributed by atoms with Gasteiger partial charge in [0.2, 0.25) is 5.91 Å². The van der Waals surface area contributed by atoms with Gasteiger partial charge in [0.15, 0.2) is 0 Å². The molecule has 1 aromatic carbocycles. The average Bonchev–Trinajstić information content (AvgIpc) is 2.35. The van der Waals surface area contributed by atoms with Gasteiger partial charge in [0.1, 0.15) is 0 Å². The molecule has 0 bridgehead atoms. The summed E-state index contributed by atoms with van der Waals surface area (Å²) in [5.74, 6) is 0.0263. The van der Waals surface area contributed by atoms with Gasteiger partial charge in [-0.25, -0.2) is 0 Å². The van der Waals surface area contributed by atoms with Crippen LogP contribution in [-0.2, 0) is 4.79 Å². The number of carbonyl (C=O) groups is 1. The van der Waals surface area contributed by atoms with Gasteiger partial charge in [-0.3, -0.25) is 4.79 Å². The van der Waals surface area contributed by atoms with Crippen LogP contribution in [0.1, 0.15) is 32.3 Å². The Morgan fingerprint density at radius 2 is 2.22 bits per heavy atom. The summed E-state index contributed by atoms with van der Waals surface area (Å²) < 4.78 is 0. The molecule has 3 heteroatoms. The van der Waals surface area contributed by atoms with Gasteiger partial charge >= 0.3 is 0 Å². The first-order valence-electron chi connectivity index (χ1n) is 6.35. The summed E-state index contributed by atoms with van der Waals surface area (Å²) >= 11 is 0. The molecule has 0 aliphatic rings. The zero-order chi connectivity index (χ0) is 13.5. The molecule has 1 aromatic rings. The SMILES string of the molecule is CCCC(C)N(C)C(=O)/C=C/c1cccc(N)c1. The minimum absolute atomic E-state index is 0.0263. The summed E-state index contributed by atoms with van der Waals surface area (Å²) in [5, 5.41) is 0. The minimum atomic E-state index is 0.0263. The number of likely N-dealkylation sites (N-methyl/N-ethyl adjacent to an activating group) is 1. The molecule has 0 saturated carbocycles. The third kappa shape index (κ3) is 4.24. The van der Waals surface area contributed by atoms with Crippen LogP contribution in [0.4, 0.5) is 5.69 Å². The molecule has 0 aromatic heterocycles. The number of carbonyl (C=O) groups excluding carboxylic acids is 1. The van der Waals surface area contributed by atoms with Crippen molar-refractivity contribution < 1.29 is 4.79 Å². The zero-order valence-electron chi connectivity index (χ0n) is 11.4. The number of nitrogen functional groups attached to an aromatic ring is 1. The standard InChI is InChI=1S/C15H22N2O/c1-4-6-12(2)17(3)15(18)10-9-13-7-5-8-14(16)11-13/h5,7-12H,4,6,16H2,1-3H3/b10-9+. The fourth-order valence-electron chi connectivity index (χ4n) is 1.78. The number of hydrogen-bond donors (Lipinski definition) is 1. The van der Waals surface area contributed by atoms with E-state index in [1.807, 2.05) is 31.3 Å². The third-order valence-corrected chi connectivity index (χ3v) is 3.04. The summed E-state index contributed by atoms with van der Waals surface area (Å²) in [4.78, 5) is 13.7. The van der Waals surface area contributed by atoms with Gasteiger partial charge in [-0.2, -0.15) is 0 Å². The molecular weight excluding hydrogens is 224 g/mol. The first-order chi connectivity index (χ1) is 8.54. The highest BCUT2D eigenvalue weighted by molar-refractivity contribution is 5.91. The first-order valence-corrected chi connectivity index (χ1v) is 6.35. The van der Waals surface area contributed by atoms with Crippen LogP contribution in [0.15, 0.2) is 30.3 Å². The van der Waals surface area contributed by atoms with Crippen molar-refractivity contribution in [2.75, 3.05) is 12.8 Å². The molecular formula is C15H22N2O. The van der Waals surface area contributed by atoms with E-state index in [1.165, 1.54) is 0 Å². The van der Waals surface area contributed by atoms with Crippen LogP contribution in [0, 0.1) is 0 Å². The van der Waals surface area contributed by atoms with Crippen molar-refractivity contribution in [1.29, 1.82) is 0 Å². The quantitative estimate of drug-likeness (QED) is 0.641. The second-order valence-corrected chi connectivity index (χ2v) is 4.59. The Hall–Kier alpha value is -1.77. The van der Waals surface area contributed by atoms with Crippen LogP contribution in [0.2, 0.25) is 0 Å². The van der Waals surface area contributed by atoms with E-state index in [-0.39, 0.29) is 11.9 Å². The molecule has 0 aliphatic heterocycles. The number of benzene rings is 1. The fraction of sp³-hybridized carbons (Fsp3) is 0.400. The predicted molar refractivity (Wildman–Crippen MR) is 77.0 cm³/mol. The highest BCUT2D eigenvalue weighted by atomic mass is 16.2. The smallest absolute Gasteiger partial charge is 0.246 e. The van der Waals surface area contributed by atoms with E-state index in [4.69, 9.17) is 5.73 Å². The van der Waals surface area contributed by atoms with E-state index in [2.05, 4.69) is 13.8 Å². The molecule has 1 amide bonds. The van der Waals surface area contributed by atoms with Crippen LogP contribution in [-0.4, -0.2) is 23.9 Å². The molecule has 0 radical (unpaired) electrons. The lowest BCUT2D eigenvalue weighted by Crippen LogP contribution is -2.33. The van der Waals surface area contributed by atoms with Gasteiger partial charge < -0.3 is 10.6 Å². The average molecular weight is 246 g/mol. The van der Waals surface area contributed by atoms with Gasteiger partial charge in [0.25, 0.3) is 0 Å². The molecule has 0 spiro atoms. The molecule has 0 heterocycles. The number of amides is 1. The van der Waals surface area contributed by atoms with Crippen molar-refractivity contribution in [3.05, 3.63) is 35.9 Å². The molecule has 0 saturated heterocycles. The Morgan fingerprint density at radius 3 is 2.83 bits per heavy atom. The Morgan fingerprint density at radius 1 is 1.50 bits per heavy atom. The van der Waals surface area contributed by atoms with E-state index in [1.54, 1.807) is 17.1 Å². The molecule has 3 nitrogen and oxygen atoms in total. The van der Waals surface area contributed by atoms with E-state index in [0.717, 1.165) is 18.4 Å². The monoisotopic (exact) mass is 246 g/mol. The Labute approximate surface area is 109 Å². The number of nitrogens with zero attached hydrogens (tertiary/aromatic N) is 1. The summed E-state index contributed by atoms with van der Waals surface area (Å²) in [6.45, 7) is 4.19. The van der Waals surface area contributed by atoms with Gasteiger partial charge in [-0.05, 0) is 37.1 Å². The van der Waals surface area contributed by atoms with Crippen LogP contribution in [0.5, 0.6) is 0 Å². The number of nitrogens with two attached hydrogens (primary N) is 1. The lowest BCUT2D eigenvalue weighted by Gasteiger charge is -2.23. The van der Waals surface area contributed by atoms with Crippen LogP contribution >= 0.6 is 0 Å². The lowest BCUT2D eigenvalue weighted by molar-refractivity contribution is -0.126. The summed E-state index contributed by atoms with van der Waals surface area (Å²) in [6.07, 6.45) is 5.50. The van der Waals surface area contributed by atoms with E-state index >= 15 is 0 Å². The first kappa shape index (κ1) is 14.3. The van der Waals surface area contributed by atoms with Crippen LogP contribution in [0.25, 0.3) is 6.08 Å². The van der Waals surface area contributed by atoms with Crippen molar-refractivity contribution in [3.8, 4) is 0 Å². The van der Waals surface area contributed by atoms with Crippen LogP contribution < -0.4 is 5.73 Å². The normalized spacial score (nSPS) is 12.6. The van der Waals surface area contributed by atoms with E-state index in [9.17, 15) is 4.79 Å². The number of rotatable bonds is 5. The van der Waals surface area contributed by atoms with Gasteiger partial charge in [0, 0.05) is 24.9 Å². The maximum absolute atomic E-state index is 11.9. The molecule has 18 heavy (non-hydrogen) atoms. The van der Waals surface area contributed by atoms with Gasteiger partial charge in [0.05, 0.1) is 0 Å². The van der Waals surface area contributed by atoms with Crippen molar-refractivity contribution in [2.24, 2.45) is 0 Å². The molecule has 1 atom stereocenters. The minimum Gasteiger partial charge on any atom is -0.399 e. The number of anilines is 1. The van der Waals surface area contributed by atoms with Crippen LogP contribution in [0.3, 0.4) is 0 Å². The molecule has 98 valence electrons. The van der Waals surface area contributed by atoms with Crippen molar-refractivity contribution in [3.63, 3.8) is 0 Å². The largest absolute Gasteiger partial charge is 0.399 e. The summed E-state index contributed by atoms with van der Waals surface area (Å²) in [7, 11) is 1.84. The summed E-state index contributed by atoms with van der Waals surface area (Å²) in [5.41, 5.74) is 7.33. The lowest BCUT2D eigenvalue weighted by atomic mass is 10.1. The summed E-state index contributed by atoms with van der Waals surface area (Å²) in [6, 6.07) is 7.75. The Bertz CT molecular complexity index is 426. The maximum atomic E-state index is 11.9. The third-order valence-electron chi connectivity index (χ3n) is 3.04. The molecule has 0 aliphatic carbocycles. The van der Waals surface area contributed by atoms with Crippen molar-refractivity contribution in [1.82, 2.24) is 4.90 Å². The Kier molecular flexibility index (Phi) is 5.43. The Balaban J connectivity index is 2.64. The van der Waals surface area contributed by atoms with Gasteiger partial charge in [-0.15, -0.1) is 0 Å².